The SMILES string of the molecule is CCc1cc(C(=O)O[C@H](C)C(=O)Nc2ccc(F)cc2F)sc1C. The van der Waals surface area contributed by atoms with Gasteiger partial charge in [-0.3, -0.25) is 4.79 Å². The third-order valence-corrected chi connectivity index (χ3v) is 4.52. The molecule has 0 aliphatic rings. The van der Waals surface area contributed by atoms with E-state index in [4.69, 9.17) is 4.74 Å². The van der Waals surface area contributed by atoms with Crippen LogP contribution < -0.4 is 5.32 Å². The van der Waals surface area contributed by atoms with Gasteiger partial charge in [-0.05, 0) is 44.0 Å². The highest BCUT2D eigenvalue weighted by Gasteiger charge is 2.21. The number of amides is 1. The summed E-state index contributed by atoms with van der Waals surface area (Å²) in [6, 6.07) is 4.53. The molecule has 0 saturated heterocycles. The Morgan fingerprint density at radius 3 is 2.58 bits per heavy atom. The second-order valence-corrected chi connectivity index (χ2v) is 6.46. The minimum absolute atomic E-state index is 0.176. The molecule has 0 fully saturated rings. The first kappa shape index (κ1) is 18.1. The molecule has 1 atom stereocenters. The fourth-order valence-electron chi connectivity index (χ4n) is 2.07. The molecular formula is C17H17F2NO3S. The van der Waals surface area contributed by atoms with Crippen molar-refractivity contribution in [1.29, 1.82) is 0 Å². The van der Waals surface area contributed by atoms with Crippen molar-refractivity contribution in [2.75, 3.05) is 5.32 Å². The lowest BCUT2D eigenvalue weighted by atomic mass is 10.2. The van der Waals surface area contributed by atoms with E-state index in [0.717, 1.165) is 29.0 Å². The summed E-state index contributed by atoms with van der Waals surface area (Å²) in [6.45, 7) is 5.28. The molecule has 4 nitrogen and oxygen atoms in total. The Bertz CT molecular complexity index is 773. The van der Waals surface area contributed by atoms with Crippen molar-refractivity contribution in [2.45, 2.75) is 33.3 Å². The number of hydrogen-bond acceptors (Lipinski definition) is 4. The lowest BCUT2D eigenvalue weighted by molar-refractivity contribution is -0.123. The molecule has 1 aromatic carbocycles. The highest BCUT2D eigenvalue weighted by Crippen LogP contribution is 2.23. The van der Waals surface area contributed by atoms with Gasteiger partial charge in [-0.2, -0.15) is 0 Å². The third-order valence-electron chi connectivity index (χ3n) is 3.44. The largest absolute Gasteiger partial charge is 0.448 e. The van der Waals surface area contributed by atoms with Gasteiger partial charge in [0.15, 0.2) is 6.10 Å². The summed E-state index contributed by atoms with van der Waals surface area (Å²) >= 11 is 1.30. The number of nitrogens with one attached hydrogen (secondary N) is 1. The zero-order chi connectivity index (χ0) is 17.9. The Hall–Kier alpha value is -2.28. The Morgan fingerprint density at radius 2 is 2.00 bits per heavy atom. The van der Waals surface area contributed by atoms with E-state index in [1.165, 1.54) is 18.3 Å². The maximum Gasteiger partial charge on any atom is 0.349 e. The summed E-state index contributed by atoms with van der Waals surface area (Å²) in [6.07, 6.45) is -0.315. The molecule has 1 aromatic heterocycles. The first-order valence-corrected chi connectivity index (χ1v) is 8.19. The number of carbonyl (C=O) groups is 2. The van der Waals surface area contributed by atoms with Gasteiger partial charge >= 0.3 is 5.97 Å². The first-order valence-electron chi connectivity index (χ1n) is 7.38. The van der Waals surface area contributed by atoms with Crippen molar-refractivity contribution in [2.24, 2.45) is 0 Å². The maximum absolute atomic E-state index is 13.5. The molecule has 128 valence electrons. The predicted molar refractivity (Wildman–Crippen MR) is 88.3 cm³/mol. The first-order chi connectivity index (χ1) is 11.3. The van der Waals surface area contributed by atoms with E-state index in [1.54, 1.807) is 6.07 Å². The van der Waals surface area contributed by atoms with Crippen molar-refractivity contribution in [3.63, 3.8) is 0 Å². The van der Waals surface area contributed by atoms with Crippen molar-refractivity contribution in [3.05, 3.63) is 51.2 Å². The Kier molecular flexibility index (Phi) is 5.66. The van der Waals surface area contributed by atoms with Crippen LogP contribution in [-0.2, 0) is 16.0 Å². The number of esters is 1. The van der Waals surface area contributed by atoms with Gasteiger partial charge in [0.2, 0.25) is 0 Å². The van der Waals surface area contributed by atoms with Crippen molar-refractivity contribution >= 4 is 28.9 Å². The molecule has 1 heterocycles. The predicted octanol–water partition coefficient (Wildman–Crippen LogP) is 4.08. The molecule has 0 radical (unpaired) electrons. The number of thiophene rings is 1. The minimum atomic E-state index is -1.12. The second kappa shape index (κ2) is 7.53. The lowest BCUT2D eigenvalue weighted by Crippen LogP contribution is -2.30. The smallest absolute Gasteiger partial charge is 0.349 e. The Labute approximate surface area is 142 Å². The van der Waals surface area contributed by atoms with E-state index < -0.39 is 29.6 Å². The van der Waals surface area contributed by atoms with Gasteiger partial charge in [0, 0.05) is 10.9 Å². The van der Waals surface area contributed by atoms with E-state index in [1.807, 2.05) is 13.8 Å². The van der Waals surface area contributed by atoms with E-state index in [-0.39, 0.29) is 5.69 Å². The normalized spacial score (nSPS) is 11.9. The average Bonchev–Trinajstić information content (AvgIpc) is 2.91. The maximum atomic E-state index is 13.5. The zero-order valence-electron chi connectivity index (χ0n) is 13.5. The topological polar surface area (TPSA) is 55.4 Å². The van der Waals surface area contributed by atoms with Crippen LogP contribution in [0, 0.1) is 18.6 Å². The number of ether oxygens (including phenoxy) is 1. The van der Waals surface area contributed by atoms with Crippen LogP contribution in [0.3, 0.4) is 0 Å². The van der Waals surface area contributed by atoms with Gasteiger partial charge in [-0.15, -0.1) is 11.3 Å². The van der Waals surface area contributed by atoms with Crippen LogP contribution >= 0.6 is 11.3 Å². The van der Waals surface area contributed by atoms with Gasteiger partial charge in [0.25, 0.3) is 5.91 Å². The summed E-state index contributed by atoms with van der Waals surface area (Å²) in [5, 5.41) is 2.27. The van der Waals surface area contributed by atoms with Crippen LogP contribution in [-0.4, -0.2) is 18.0 Å². The molecule has 0 unspecified atom stereocenters. The lowest BCUT2D eigenvalue weighted by Gasteiger charge is -2.13. The third kappa shape index (κ3) is 4.17. The highest BCUT2D eigenvalue weighted by atomic mass is 32.1. The molecule has 0 aliphatic carbocycles. The molecule has 7 heteroatoms. The van der Waals surface area contributed by atoms with E-state index in [9.17, 15) is 18.4 Å². The van der Waals surface area contributed by atoms with Gasteiger partial charge in [0.1, 0.15) is 16.5 Å². The number of anilines is 1. The minimum Gasteiger partial charge on any atom is -0.448 e. The molecule has 0 spiro atoms. The molecule has 0 bridgehead atoms. The number of benzene rings is 1. The summed E-state index contributed by atoms with van der Waals surface area (Å²) < 4.78 is 31.5. The number of halogens is 2. The van der Waals surface area contributed by atoms with Crippen LogP contribution in [0.5, 0.6) is 0 Å². The van der Waals surface area contributed by atoms with Gasteiger partial charge in [0.05, 0.1) is 5.69 Å². The molecule has 2 aromatic rings. The molecule has 2 rings (SSSR count). The number of aryl methyl sites for hydroxylation is 2. The molecule has 1 amide bonds. The number of hydrogen-bond donors (Lipinski definition) is 1. The van der Waals surface area contributed by atoms with Crippen molar-refractivity contribution in [1.82, 2.24) is 0 Å². The Balaban J connectivity index is 2.01. The Morgan fingerprint density at radius 1 is 1.29 bits per heavy atom. The van der Waals surface area contributed by atoms with Gasteiger partial charge < -0.3 is 10.1 Å². The van der Waals surface area contributed by atoms with E-state index >= 15 is 0 Å². The molecule has 1 N–H and O–H groups in total. The van der Waals surface area contributed by atoms with Crippen LogP contribution in [0.25, 0.3) is 0 Å². The summed E-state index contributed by atoms with van der Waals surface area (Å²) in [5.74, 6) is -2.95. The number of rotatable bonds is 5. The van der Waals surface area contributed by atoms with Crippen molar-refractivity contribution in [3.8, 4) is 0 Å². The number of carbonyl (C=O) groups excluding carboxylic acids is 2. The highest BCUT2D eigenvalue weighted by molar-refractivity contribution is 7.14. The van der Waals surface area contributed by atoms with E-state index in [2.05, 4.69) is 5.32 Å². The fourth-order valence-corrected chi connectivity index (χ4v) is 3.07. The van der Waals surface area contributed by atoms with Crippen LogP contribution in [0.4, 0.5) is 14.5 Å². The molecular weight excluding hydrogens is 336 g/mol. The summed E-state index contributed by atoms with van der Waals surface area (Å²) in [7, 11) is 0. The van der Waals surface area contributed by atoms with Gasteiger partial charge in [-0.25, -0.2) is 13.6 Å². The molecule has 0 aliphatic heterocycles. The standard InChI is InChI=1S/C17H17F2NO3S/c1-4-11-7-15(24-10(11)3)17(22)23-9(2)16(21)20-14-6-5-12(18)8-13(14)19/h5-9H,4H2,1-3H3,(H,20,21)/t9-/m1/s1. The van der Waals surface area contributed by atoms with Crippen molar-refractivity contribution < 1.29 is 23.1 Å². The van der Waals surface area contributed by atoms with E-state index in [0.29, 0.717) is 10.9 Å². The quantitative estimate of drug-likeness (QED) is 0.824. The zero-order valence-corrected chi connectivity index (χ0v) is 14.3. The van der Waals surface area contributed by atoms with Gasteiger partial charge in [-0.1, -0.05) is 6.92 Å². The summed E-state index contributed by atoms with van der Waals surface area (Å²) in [5.41, 5.74) is 0.877. The fraction of sp³-hybridized carbons (Fsp3) is 0.294. The van der Waals surface area contributed by atoms with Crippen LogP contribution in [0.2, 0.25) is 0 Å². The monoisotopic (exact) mass is 353 g/mol. The van der Waals surface area contributed by atoms with Crippen LogP contribution in [0.1, 0.15) is 34.0 Å². The second-order valence-electron chi connectivity index (χ2n) is 5.21. The molecule has 0 saturated carbocycles. The summed E-state index contributed by atoms with van der Waals surface area (Å²) in [4.78, 5) is 25.5. The average molecular weight is 353 g/mol. The van der Waals surface area contributed by atoms with Crippen LogP contribution in [0.15, 0.2) is 24.3 Å². The molecule has 24 heavy (non-hydrogen) atoms.